The molecule has 16 heavy (non-hydrogen) atoms. The third-order valence-corrected chi connectivity index (χ3v) is 3.36. The first-order chi connectivity index (χ1) is 7.66. The zero-order valence-electron chi connectivity index (χ0n) is 8.49. The van der Waals surface area contributed by atoms with E-state index in [0.717, 1.165) is 17.0 Å². The predicted molar refractivity (Wildman–Crippen MR) is 61.3 cm³/mol. The molecule has 1 aromatic carbocycles. The van der Waals surface area contributed by atoms with Crippen molar-refractivity contribution in [1.29, 1.82) is 0 Å². The fourth-order valence-electron chi connectivity index (χ4n) is 1.54. The van der Waals surface area contributed by atoms with Crippen molar-refractivity contribution in [3.8, 4) is 0 Å². The molecule has 1 nitrogen and oxygen atoms in total. The second-order valence-electron chi connectivity index (χ2n) is 3.56. The Morgan fingerprint density at radius 2 is 2.06 bits per heavy atom. The molecule has 0 fully saturated rings. The van der Waals surface area contributed by atoms with E-state index >= 15 is 0 Å². The third-order valence-electron chi connectivity index (χ3n) is 2.36. The third kappa shape index (κ3) is 2.46. The molecule has 1 aromatic heterocycles. The minimum atomic E-state index is -0.435. The van der Waals surface area contributed by atoms with Crippen molar-refractivity contribution in [2.24, 2.45) is 5.73 Å². The molecule has 0 aliphatic heterocycles. The molecule has 0 saturated heterocycles. The van der Waals surface area contributed by atoms with Gasteiger partial charge in [-0.05, 0) is 41.6 Å². The van der Waals surface area contributed by atoms with Crippen molar-refractivity contribution in [3.05, 3.63) is 57.8 Å². The molecule has 0 amide bonds. The molecule has 4 heteroatoms. The van der Waals surface area contributed by atoms with Gasteiger partial charge < -0.3 is 5.73 Å². The standard InChI is InChI=1S/C12H11F2NS/c13-9-3-4-10(14)8(6-9)7-11(15)12-2-1-5-16-12/h1-6,11H,7,15H2. The summed E-state index contributed by atoms with van der Waals surface area (Å²) in [5, 5.41) is 1.91. The molecule has 0 radical (unpaired) electrons. The van der Waals surface area contributed by atoms with Crippen molar-refractivity contribution >= 4 is 11.3 Å². The maximum absolute atomic E-state index is 13.4. The average Bonchev–Trinajstić information content (AvgIpc) is 2.76. The van der Waals surface area contributed by atoms with Crippen LogP contribution in [0.15, 0.2) is 35.7 Å². The van der Waals surface area contributed by atoms with Crippen LogP contribution >= 0.6 is 11.3 Å². The smallest absolute Gasteiger partial charge is 0.126 e. The van der Waals surface area contributed by atoms with Crippen LogP contribution in [0.5, 0.6) is 0 Å². The first-order valence-corrected chi connectivity index (χ1v) is 5.77. The van der Waals surface area contributed by atoms with Crippen LogP contribution in [0.1, 0.15) is 16.5 Å². The van der Waals surface area contributed by atoms with E-state index in [1.165, 1.54) is 17.4 Å². The number of hydrogen-bond donors (Lipinski definition) is 1. The Bertz CT molecular complexity index is 468. The lowest BCUT2D eigenvalue weighted by Gasteiger charge is -2.10. The Morgan fingerprint density at radius 3 is 2.75 bits per heavy atom. The Balaban J connectivity index is 2.17. The van der Waals surface area contributed by atoms with Crippen LogP contribution in [-0.4, -0.2) is 0 Å². The van der Waals surface area contributed by atoms with Crippen LogP contribution in [-0.2, 0) is 6.42 Å². The molecule has 2 aromatic rings. The second-order valence-corrected chi connectivity index (χ2v) is 4.54. The van der Waals surface area contributed by atoms with Gasteiger partial charge in [-0.15, -0.1) is 11.3 Å². The van der Waals surface area contributed by atoms with E-state index in [1.54, 1.807) is 0 Å². The zero-order valence-corrected chi connectivity index (χ0v) is 9.31. The number of nitrogens with two attached hydrogens (primary N) is 1. The monoisotopic (exact) mass is 239 g/mol. The lowest BCUT2D eigenvalue weighted by molar-refractivity contribution is 0.574. The van der Waals surface area contributed by atoms with Crippen LogP contribution in [0.3, 0.4) is 0 Å². The molecule has 1 atom stereocenters. The molecule has 2 rings (SSSR count). The molecule has 0 spiro atoms. The number of benzene rings is 1. The maximum Gasteiger partial charge on any atom is 0.126 e. The van der Waals surface area contributed by atoms with Crippen molar-refractivity contribution in [2.45, 2.75) is 12.5 Å². The summed E-state index contributed by atoms with van der Waals surface area (Å²) in [7, 11) is 0. The summed E-state index contributed by atoms with van der Waals surface area (Å²) >= 11 is 1.52. The summed E-state index contributed by atoms with van der Waals surface area (Å²) in [5.74, 6) is -0.844. The number of halogens is 2. The second kappa shape index (κ2) is 4.72. The number of thiophene rings is 1. The van der Waals surface area contributed by atoms with E-state index in [9.17, 15) is 8.78 Å². The zero-order chi connectivity index (χ0) is 11.5. The van der Waals surface area contributed by atoms with Gasteiger partial charge in [-0.2, -0.15) is 0 Å². The van der Waals surface area contributed by atoms with E-state index in [2.05, 4.69) is 0 Å². The van der Waals surface area contributed by atoms with Gasteiger partial charge >= 0.3 is 0 Å². The van der Waals surface area contributed by atoms with Gasteiger partial charge in [0, 0.05) is 10.9 Å². The summed E-state index contributed by atoms with van der Waals surface area (Å²) in [6.07, 6.45) is 0.310. The number of rotatable bonds is 3. The van der Waals surface area contributed by atoms with Gasteiger partial charge in [0.2, 0.25) is 0 Å². The van der Waals surface area contributed by atoms with Crippen molar-refractivity contribution < 1.29 is 8.78 Å². The minimum absolute atomic E-state index is 0.281. The van der Waals surface area contributed by atoms with Crippen LogP contribution < -0.4 is 5.73 Å². The van der Waals surface area contributed by atoms with Gasteiger partial charge in [0.25, 0.3) is 0 Å². The van der Waals surface area contributed by atoms with Gasteiger partial charge in [-0.25, -0.2) is 8.78 Å². The lowest BCUT2D eigenvalue weighted by Crippen LogP contribution is -2.12. The summed E-state index contributed by atoms with van der Waals surface area (Å²) in [5.41, 5.74) is 6.23. The predicted octanol–water partition coefficient (Wildman–Crippen LogP) is 3.27. The Labute approximate surface area is 96.5 Å². The van der Waals surface area contributed by atoms with E-state index in [-0.39, 0.29) is 6.04 Å². The first-order valence-electron chi connectivity index (χ1n) is 4.89. The van der Waals surface area contributed by atoms with Crippen molar-refractivity contribution in [1.82, 2.24) is 0 Å². The molecule has 84 valence electrons. The highest BCUT2D eigenvalue weighted by atomic mass is 32.1. The summed E-state index contributed by atoms with van der Waals surface area (Å²) in [6, 6.07) is 6.94. The van der Waals surface area contributed by atoms with Crippen molar-refractivity contribution in [3.63, 3.8) is 0 Å². The number of hydrogen-bond acceptors (Lipinski definition) is 2. The van der Waals surface area contributed by atoms with E-state index in [0.29, 0.717) is 12.0 Å². The van der Waals surface area contributed by atoms with Crippen LogP contribution in [0.25, 0.3) is 0 Å². The first kappa shape index (κ1) is 11.2. The molecular formula is C12H11F2NS. The minimum Gasteiger partial charge on any atom is -0.323 e. The Kier molecular flexibility index (Phi) is 3.31. The van der Waals surface area contributed by atoms with Crippen molar-refractivity contribution in [2.75, 3.05) is 0 Å². The average molecular weight is 239 g/mol. The van der Waals surface area contributed by atoms with Crippen LogP contribution in [0.4, 0.5) is 8.78 Å². The highest BCUT2D eigenvalue weighted by molar-refractivity contribution is 7.10. The summed E-state index contributed by atoms with van der Waals surface area (Å²) in [6.45, 7) is 0. The van der Waals surface area contributed by atoms with Gasteiger partial charge in [0.15, 0.2) is 0 Å². The highest BCUT2D eigenvalue weighted by Gasteiger charge is 2.11. The van der Waals surface area contributed by atoms with E-state index < -0.39 is 11.6 Å². The molecular weight excluding hydrogens is 228 g/mol. The van der Waals surface area contributed by atoms with E-state index in [1.807, 2.05) is 17.5 Å². The SMILES string of the molecule is NC(Cc1cc(F)ccc1F)c1cccs1. The molecule has 1 heterocycles. The fraction of sp³-hybridized carbons (Fsp3) is 0.167. The molecule has 0 aliphatic rings. The van der Waals surface area contributed by atoms with Crippen LogP contribution in [0, 0.1) is 11.6 Å². The highest BCUT2D eigenvalue weighted by Crippen LogP contribution is 2.22. The van der Waals surface area contributed by atoms with Gasteiger partial charge in [0.05, 0.1) is 0 Å². The van der Waals surface area contributed by atoms with E-state index in [4.69, 9.17) is 5.73 Å². The molecule has 0 bridgehead atoms. The maximum atomic E-state index is 13.4. The van der Waals surface area contributed by atoms with Gasteiger partial charge in [-0.1, -0.05) is 6.07 Å². The molecule has 0 saturated carbocycles. The lowest BCUT2D eigenvalue weighted by atomic mass is 10.0. The Morgan fingerprint density at radius 1 is 1.25 bits per heavy atom. The Hall–Kier alpha value is -1.26. The topological polar surface area (TPSA) is 26.0 Å². The molecule has 1 unspecified atom stereocenters. The summed E-state index contributed by atoms with van der Waals surface area (Å²) < 4.78 is 26.3. The largest absolute Gasteiger partial charge is 0.323 e. The van der Waals surface area contributed by atoms with Gasteiger partial charge in [-0.3, -0.25) is 0 Å². The van der Waals surface area contributed by atoms with Crippen LogP contribution in [0.2, 0.25) is 0 Å². The quantitative estimate of drug-likeness (QED) is 0.874. The van der Waals surface area contributed by atoms with Gasteiger partial charge in [0.1, 0.15) is 11.6 Å². The normalized spacial score (nSPS) is 12.7. The molecule has 0 aliphatic carbocycles. The summed E-state index contributed by atoms with van der Waals surface area (Å²) in [4.78, 5) is 0.976. The molecule has 2 N–H and O–H groups in total. The fourth-order valence-corrected chi connectivity index (χ4v) is 2.27.